The number of para-hydroxylation sites is 1. The van der Waals surface area contributed by atoms with Gasteiger partial charge in [-0.15, -0.1) is 0 Å². The number of carbonyl (C=O) groups is 2. The number of rotatable bonds is 5. The number of nitrogens with zero attached hydrogens (tertiary/aromatic N) is 1. The van der Waals surface area contributed by atoms with Crippen LogP contribution in [0.25, 0.3) is 11.0 Å². The second-order valence-corrected chi connectivity index (χ2v) is 5.50. The number of nitrogens with one attached hydrogen (secondary N) is 1. The fourth-order valence-electron chi connectivity index (χ4n) is 2.33. The minimum Gasteiger partial charge on any atom is -0.619 e. The van der Waals surface area contributed by atoms with Crippen molar-refractivity contribution in [1.82, 2.24) is 5.32 Å². The second-order valence-electron chi connectivity index (χ2n) is 5.50. The highest BCUT2D eigenvalue weighted by atomic mass is 16.5. The molecule has 0 aliphatic heterocycles. The van der Waals surface area contributed by atoms with Gasteiger partial charge in [0, 0.05) is 17.5 Å². The van der Waals surface area contributed by atoms with Crippen LogP contribution in [-0.2, 0) is 9.53 Å². The van der Waals surface area contributed by atoms with Crippen LogP contribution in [0.2, 0.25) is 0 Å². The third-order valence-corrected chi connectivity index (χ3v) is 3.62. The number of benzene rings is 1. The Bertz CT molecular complexity index is 868. The Morgan fingerprint density at radius 1 is 1.24 bits per heavy atom. The van der Waals surface area contributed by atoms with Gasteiger partial charge in [-0.2, -0.15) is 4.73 Å². The molecule has 0 bridgehead atoms. The number of fused-ring (bicyclic) bond motifs is 1. The van der Waals surface area contributed by atoms with Gasteiger partial charge in [-0.25, -0.2) is 4.79 Å². The van der Waals surface area contributed by atoms with Crippen LogP contribution in [-0.4, -0.2) is 18.5 Å². The van der Waals surface area contributed by atoms with Gasteiger partial charge in [0.15, 0.2) is 19.0 Å². The number of furan rings is 1. The first-order valence-electron chi connectivity index (χ1n) is 7.67. The highest BCUT2D eigenvalue weighted by Gasteiger charge is 2.16. The molecule has 1 atom stereocenters. The van der Waals surface area contributed by atoms with Gasteiger partial charge in [-0.1, -0.05) is 18.2 Å². The standard InChI is InChI=1S/C18H16N2O5/c1-12(16-10-14-4-2-3-5-15(14)25-16)19-17(21)11-24-18(22)13-6-8-20(23)9-7-13/h2-10,12H,11H2,1H3,(H,19,21)/t12-/m0/s1. The van der Waals surface area contributed by atoms with E-state index in [1.165, 1.54) is 24.5 Å². The minimum absolute atomic E-state index is 0.199. The summed E-state index contributed by atoms with van der Waals surface area (Å²) in [5.41, 5.74) is 0.940. The van der Waals surface area contributed by atoms with Gasteiger partial charge in [-0.05, 0) is 19.1 Å². The number of pyridine rings is 1. The Labute approximate surface area is 143 Å². The fourth-order valence-corrected chi connectivity index (χ4v) is 2.33. The summed E-state index contributed by atoms with van der Waals surface area (Å²) in [6, 6.07) is 11.7. The van der Waals surface area contributed by atoms with Crippen molar-refractivity contribution in [1.29, 1.82) is 0 Å². The smallest absolute Gasteiger partial charge is 0.339 e. The number of amides is 1. The maximum absolute atomic E-state index is 11.9. The van der Waals surface area contributed by atoms with Gasteiger partial charge in [0.2, 0.25) is 0 Å². The zero-order valence-corrected chi connectivity index (χ0v) is 13.5. The van der Waals surface area contributed by atoms with Gasteiger partial charge in [0.1, 0.15) is 11.3 Å². The van der Waals surface area contributed by atoms with Gasteiger partial charge in [-0.3, -0.25) is 4.79 Å². The van der Waals surface area contributed by atoms with E-state index < -0.39 is 18.5 Å². The molecule has 0 aliphatic rings. The topological polar surface area (TPSA) is 95.5 Å². The molecule has 0 radical (unpaired) electrons. The largest absolute Gasteiger partial charge is 0.619 e. The third-order valence-electron chi connectivity index (χ3n) is 3.62. The SMILES string of the molecule is C[C@H](NC(=O)COC(=O)c1cc[n+]([O-])cc1)c1cc2ccccc2o1. The number of hydrogen-bond acceptors (Lipinski definition) is 5. The van der Waals surface area contributed by atoms with Crippen molar-refractivity contribution in [2.75, 3.05) is 6.61 Å². The van der Waals surface area contributed by atoms with Gasteiger partial charge in [0.05, 0.1) is 11.6 Å². The van der Waals surface area contributed by atoms with Crippen molar-refractivity contribution < 1.29 is 23.5 Å². The lowest BCUT2D eigenvalue weighted by Crippen LogP contribution is -2.31. The molecule has 0 aliphatic carbocycles. The maximum atomic E-state index is 11.9. The van der Waals surface area contributed by atoms with Gasteiger partial charge >= 0.3 is 5.97 Å². The van der Waals surface area contributed by atoms with Crippen LogP contribution >= 0.6 is 0 Å². The molecule has 0 saturated heterocycles. The van der Waals surface area contributed by atoms with E-state index in [4.69, 9.17) is 9.15 Å². The first kappa shape index (κ1) is 16.5. The zero-order valence-electron chi connectivity index (χ0n) is 13.5. The van der Waals surface area contributed by atoms with E-state index >= 15 is 0 Å². The van der Waals surface area contributed by atoms with E-state index in [0.717, 1.165) is 11.0 Å². The number of carbonyl (C=O) groups excluding carboxylic acids is 2. The quantitative estimate of drug-likeness (QED) is 0.436. The molecular formula is C18H16N2O5. The van der Waals surface area contributed by atoms with Crippen LogP contribution in [0.1, 0.15) is 29.1 Å². The molecule has 1 amide bonds. The second kappa shape index (κ2) is 7.04. The van der Waals surface area contributed by atoms with Crippen LogP contribution in [0.4, 0.5) is 0 Å². The predicted molar refractivity (Wildman–Crippen MR) is 88.5 cm³/mol. The highest BCUT2D eigenvalue weighted by Crippen LogP contribution is 2.23. The third kappa shape index (κ3) is 3.95. The summed E-state index contributed by atoms with van der Waals surface area (Å²) in [6.07, 6.45) is 2.36. The normalized spacial score (nSPS) is 11.9. The summed E-state index contributed by atoms with van der Waals surface area (Å²) < 4.78 is 11.2. The molecule has 7 heteroatoms. The minimum atomic E-state index is -0.674. The Balaban J connectivity index is 1.54. The van der Waals surface area contributed by atoms with E-state index in [1.807, 2.05) is 30.3 Å². The summed E-state index contributed by atoms with van der Waals surface area (Å²) in [7, 11) is 0. The maximum Gasteiger partial charge on any atom is 0.339 e. The van der Waals surface area contributed by atoms with Crippen LogP contribution in [0.5, 0.6) is 0 Å². The Kier molecular flexibility index (Phi) is 4.65. The lowest BCUT2D eigenvalue weighted by molar-refractivity contribution is -0.605. The average molecular weight is 340 g/mol. The zero-order chi connectivity index (χ0) is 17.8. The van der Waals surface area contributed by atoms with Crippen molar-refractivity contribution in [2.24, 2.45) is 0 Å². The van der Waals surface area contributed by atoms with Crippen LogP contribution < -0.4 is 10.0 Å². The molecule has 128 valence electrons. The molecule has 2 heterocycles. The van der Waals surface area contributed by atoms with Crippen LogP contribution in [0.15, 0.2) is 59.3 Å². The van der Waals surface area contributed by atoms with Gasteiger partial charge < -0.3 is 19.7 Å². The van der Waals surface area contributed by atoms with Crippen molar-refractivity contribution in [3.8, 4) is 0 Å². The molecular weight excluding hydrogens is 324 g/mol. The summed E-state index contributed by atoms with van der Waals surface area (Å²) in [6.45, 7) is 1.36. The van der Waals surface area contributed by atoms with E-state index in [1.54, 1.807) is 6.92 Å². The summed E-state index contributed by atoms with van der Waals surface area (Å²) >= 11 is 0. The monoisotopic (exact) mass is 340 g/mol. The number of hydrogen-bond donors (Lipinski definition) is 1. The van der Waals surface area contributed by atoms with E-state index in [2.05, 4.69) is 5.32 Å². The Morgan fingerprint density at radius 3 is 2.68 bits per heavy atom. The lowest BCUT2D eigenvalue weighted by atomic mass is 10.2. The van der Waals surface area contributed by atoms with Crippen LogP contribution in [0.3, 0.4) is 0 Å². The molecule has 0 fully saturated rings. The molecule has 2 aromatic heterocycles. The summed E-state index contributed by atoms with van der Waals surface area (Å²) in [5, 5.41) is 14.6. The van der Waals surface area contributed by atoms with E-state index in [0.29, 0.717) is 10.5 Å². The molecule has 25 heavy (non-hydrogen) atoms. The molecule has 1 aromatic carbocycles. The van der Waals surface area contributed by atoms with E-state index in [9.17, 15) is 14.8 Å². The first-order chi connectivity index (χ1) is 12.0. The summed E-state index contributed by atoms with van der Waals surface area (Å²) in [4.78, 5) is 23.7. The Morgan fingerprint density at radius 2 is 1.96 bits per heavy atom. The van der Waals surface area contributed by atoms with Crippen LogP contribution in [0, 0.1) is 5.21 Å². The molecule has 3 aromatic rings. The van der Waals surface area contributed by atoms with E-state index in [-0.39, 0.29) is 11.6 Å². The number of esters is 1. The molecule has 3 rings (SSSR count). The molecule has 0 saturated carbocycles. The van der Waals surface area contributed by atoms with Crippen molar-refractivity contribution >= 4 is 22.8 Å². The fraction of sp³-hybridized carbons (Fsp3) is 0.167. The molecule has 0 spiro atoms. The average Bonchev–Trinajstić information content (AvgIpc) is 3.04. The number of aromatic nitrogens is 1. The lowest BCUT2D eigenvalue weighted by Gasteiger charge is -2.11. The molecule has 0 unspecified atom stereocenters. The van der Waals surface area contributed by atoms with Gasteiger partial charge in [0.25, 0.3) is 5.91 Å². The van der Waals surface area contributed by atoms with Crippen molar-refractivity contribution in [2.45, 2.75) is 13.0 Å². The van der Waals surface area contributed by atoms with Crippen molar-refractivity contribution in [3.05, 3.63) is 71.4 Å². The van der Waals surface area contributed by atoms with Crippen molar-refractivity contribution in [3.63, 3.8) is 0 Å². The first-order valence-corrected chi connectivity index (χ1v) is 7.67. The highest BCUT2D eigenvalue weighted by molar-refractivity contribution is 5.91. The number of ether oxygens (including phenoxy) is 1. The molecule has 1 N–H and O–H groups in total. The summed E-state index contributed by atoms with van der Waals surface area (Å²) in [5.74, 6) is -0.507. The molecule has 7 nitrogen and oxygen atoms in total. The Hall–Kier alpha value is -3.35. The predicted octanol–water partition coefficient (Wildman–Crippen LogP) is 2.10.